The molecule has 0 aromatic carbocycles. The predicted molar refractivity (Wildman–Crippen MR) is 266 cm³/mol. The Labute approximate surface area is 388 Å². The first-order valence-corrected chi connectivity index (χ1v) is 28.0. The van der Waals surface area contributed by atoms with Crippen LogP contribution >= 0.6 is 7.82 Å². The van der Waals surface area contributed by atoms with Crippen molar-refractivity contribution in [3.63, 3.8) is 0 Å². The number of ether oxygens (including phenoxy) is 2. The van der Waals surface area contributed by atoms with Gasteiger partial charge in [0, 0.05) is 19.4 Å². The quantitative estimate of drug-likeness (QED) is 0.0265. The lowest BCUT2D eigenvalue weighted by molar-refractivity contribution is -0.161. The van der Waals surface area contributed by atoms with Crippen LogP contribution in [0.3, 0.4) is 0 Å². The van der Waals surface area contributed by atoms with Gasteiger partial charge < -0.3 is 20.1 Å². The molecule has 63 heavy (non-hydrogen) atoms. The second-order valence-electron chi connectivity index (χ2n) is 17.7. The Kier molecular flexibility index (Phi) is 48.3. The number of nitrogens with two attached hydrogens (primary N) is 1. The molecule has 0 amide bonds. The molecule has 3 N–H and O–H groups in total. The van der Waals surface area contributed by atoms with Crippen LogP contribution in [0.25, 0.3) is 0 Å². The van der Waals surface area contributed by atoms with Gasteiger partial charge in [-0.1, -0.05) is 217 Å². The molecule has 0 saturated carbocycles. The van der Waals surface area contributed by atoms with Crippen LogP contribution in [0.1, 0.15) is 258 Å². The van der Waals surface area contributed by atoms with Gasteiger partial charge in [0.15, 0.2) is 6.10 Å². The smallest absolute Gasteiger partial charge is 0.462 e. The summed E-state index contributed by atoms with van der Waals surface area (Å²) in [6.07, 6.45) is 57.8. The van der Waals surface area contributed by atoms with E-state index in [9.17, 15) is 19.0 Å². The largest absolute Gasteiger partial charge is 0.472 e. The third-order valence-electron chi connectivity index (χ3n) is 11.5. The van der Waals surface area contributed by atoms with Gasteiger partial charge in [0.1, 0.15) is 6.61 Å². The lowest BCUT2D eigenvalue weighted by Gasteiger charge is -2.19. The number of esters is 2. The third kappa shape index (κ3) is 49.5. The van der Waals surface area contributed by atoms with Crippen molar-refractivity contribution in [1.82, 2.24) is 0 Å². The second kappa shape index (κ2) is 49.7. The zero-order chi connectivity index (χ0) is 46.0. The number of phosphoric ester groups is 1. The molecular formula is C53H100NO8P. The summed E-state index contributed by atoms with van der Waals surface area (Å²) in [6, 6.07) is 0. The Hall–Kier alpha value is -1.77. The Morgan fingerprint density at radius 3 is 1.29 bits per heavy atom. The first-order valence-electron chi connectivity index (χ1n) is 26.5. The van der Waals surface area contributed by atoms with Gasteiger partial charge in [-0.25, -0.2) is 4.57 Å². The Balaban J connectivity index is 3.88. The lowest BCUT2D eigenvalue weighted by Crippen LogP contribution is -2.29. The van der Waals surface area contributed by atoms with E-state index in [1.54, 1.807) is 0 Å². The predicted octanol–water partition coefficient (Wildman–Crippen LogP) is 16.1. The molecule has 370 valence electrons. The van der Waals surface area contributed by atoms with Crippen LogP contribution in [-0.2, 0) is 32.7 Å². The van der Waals surface area contributed by atoms with Crippen LogP contribution in [0, 0.1) is 0 Å². The summed E-state index contributed by atoms with van der Waals surface area (Å²) in [5.41, 5.74) is 5.36. The molecule has 0 radical (unpaired) electrons. The normalized spacial score (nSPS) is 13.4. The Bertz CT molecular complexity index is 1130. The number of hydrogen-bond acceptors (Lipinski definition) is 8. The van der Waals surface area contributed by atoms with Crippen LogP contribution in [0.15, 0.2) is 36.5 Å². The number of hydrogen-bond donors (Lipinski definition) is 2. The maximum atomic E-state index is 12.6. The van der Waals surface area contributed by atoms with Crippen LogP contribution in [0.2, 0.25) is 0 Å². The van der Waals surface area contributed by atoms with E-state index in [0.29, 0.717) is 6.42 Å². The van der Waals surface area contributed by atoms with Crippen molar-refractivity contribution >= 4 is 19.8 Å². The highest BCUT2D eigenvalue weighted by Gasteiger charge is 2.26. The van der Waals surface area contributed by atoms with Crippen LogP contribution in [-0.4, -0.2) is 49.3 Å². The molecule has 0 aromatic heterocycles. The molecule has 0 saturated heterocycles. The fourth-order valence-corrected chi connectivity index (χ4v) is 8.32. The average molecular weight is 910 g/mol. The van der Waals surface area contributed by atoms with Crippen molar-refractivity contribution in [2.45, 2.75) is 264 Å². The molecule has 0 aliphatic heterocycles. The summed E-state index contributed by atoms with van der Waals surface area (Å²) in [5.74, 6) is -0.836. The van der Waals surface area contributed by atoms with Gasteiger partial charge in [0.05, 0.1) is 13.2 Å². The number of unbranched alkanes of at least 4 members (excludes halogenated alkanes) is 31. The molecule has 0 fully saturated rings. The molecule has 0 bridgehead atoms. The second-order valence-corrected chi connectivity index (χ2v) is 19.2. The van der Waals surface area contributed by atoms with Gasteiger partial charge in [-0.15, -0.1) is 0 Å². The topological polar surface area (TPSA) is 134 Å². The molecule has 0 heterocycles. The van der Waals surface area contributed by atoms with Crippen LogP contribution in [0.4, 0.5) is 0 Å². The minimum atomic E-state index is -4.38. The molecule has 0 rings (SSSR count). The van der Waals surface area contributed by atoms with E-state index in [1.165, 1.54) is 161 Å². The Morgan fingerprint density at radius 2 is 0.857 bits per heavy atom. The standard InChI is InChI=1S/C53H100NO8P/c1-3-5-7-9-11-13-15-17-18-19-20-21-22-23-24-25-26-27-28-29-30-31-32-34-35-37-39-41-43-45-52(55)59-49-51(50-61-63(57,58)60-48-47-54)62-53(56)46-44-42-40-38-36-33-16-14-12-10-8-6-4-2/h8,10,14,16,19-20,51H,3-7,9,11-13,15,17-18,21-50,54H2,1-2H3,(H,57,58)/b10-8-,16-14-,20-19-. The van der Waals surface area contributed by atoms with E-state index in [4.69, 9.17) is 24.3 Å². The number of allylic oxidation sites excluding steroid dienone is 6. The highest BCUT2D eigenvalue weighted by atomic mass is 31.2. The van der Waals surface area contributed by atoms with Crippen molar-refractivity contribution < 1.29 is 37.6 Å². The van der Waals surface area contributed by atoms with E-state index < -0.39 is 26.5 Å². The van der Waals surface area contributed by atoms with Crippen molar-refractivity contribution in [2.75, 3.05) is 26.4 Å². The molecule has 0 aromatic rings. The molecule has 9 nitrogen and oxygen atoms in total. The first kappa shape index (κ1) is 61.2. The molecule has 0 aliphatic carbocycles. The van der Waals surface area contributed by atoms with E-state index in [1.807, 2.05) is 0 Å². The van der Waals surface area contributed by atoms with Gasteiger partial charge in [0.25, 0.3) is 0 Å². The summed E-state index contributed by atoms with van der Waals surface area (Å²) in [6.45, 7) is 3.68. The molecule has 2 atom stereocenters. The minimum absolute atomic E-state index is 0.0516. The third-order valence-corrected chi connectivity index (χ3v) is 12.5. The molecule has 10 heteroatoms. The number of carbonyl (C=O) groups excluding carboxylic acids is 2. The summed E-state index contributed by atoms with van der Waals surface area (Å²) in [5, 5.41) is 0. The van der Waals surface area contributed by atoms with Crippen molar-refractivity contribution in [3.8, 4) is 0 Å². The monoisotopic (exact) mass is 910 g/mol. The van der Waals surface area contributed by atoms with Gasteiger partial charge in [-0.2, -0.15) is 0 Å². The van der Waals surface area contributed by atoms with E-state index in [2.05, 4.69) is 50.3 Å². The minimum Gasteiger partial charge on any atom is -0.462 e. The van der Waals surface area contributed by atoms with Crippen molar-refractivity contribution in [1.29, 1.82) is 0 Å². The summed E-state index contributed by atoms with van der Waals surface area (Å²) in [4.78, 5) is 35.0. The molecule has 0 aliphatic rings. The van der Waals surface area contributed by atoms with Crippen LogP contribution < -0.4 is 5.73 Å². The summed E-state index contributed by atoms with van der Waals surface area (Å²) < 4.78 is 32.9. The zero-order valence-electron chi connectivity index (χ0n) is 41.1. The maximum absolute atomic E-state index is 12.6. The molecule has 2 unspecified atom stereocenters. The van der Waals surface area contributed by atoms with Gasteiger partial charge in [0.2, 0.25) is 0 Å². The van der Waals surface area contributed by atoms with Gasteiger partial charge in [-0.05, 0) is 64.2 Å². The fourth-order valence-electron chi connectivity index (χ4n) is 7.55. The van der Waals surface area contributed by atoms with Gasteiger partial charge in [-0.3, -0.25) is 18.6 Å². The fraction of sp³-hybridized carbons (Fsp3) is 0.849. The van der Waals surface area contributed by atoms with E-state index in [0.717, 1.165) is 64.2 Å². The van der Waals surface area contributed by atoms with Crippen molar-refractivity contribution in [2.24, 2.45) is 5.73 Å². The van der Waals surface area contributed by atoms with Crippen molar-refractivity contribution in [3.05, 3.63) is 36.5 Å². The van der Waals surface area contributed by atoms with Gasteiger partial charge >= 0.3 is 19.8 Å². The summed E-state index contributed by atoms with van der Waals surface area (Å²) >= 11 is 0. The summed E-state index contributed by atoms with van der Waals surface area (Å²) in [7, 11) is -4.38. The molecule has 0 spiro atoms. The average Bonchev–Trinajstić information content (AvgIpc) is 3.27. The van der Waals surface area contributed by atoms with E-state index in [-0.39, 0.29) is 38.6 Å². The first-order chi connectivity index (χ1) is 30.8. The SMILES string of the molecule is CCC/C=C\C/C=C\CCCCCCCC(=O)OC(COC(=O)CCCCCCCCCCCCCCCCCCC/C=C\CCCCCCCCCC)COP(=O)(O)OCCN. The lowest BCUT2D eigenvalue weighted by atomic mass is 10.0. The number of carbonyl (C=O) groups is 2. The highest BCUT2D eigenvalue weighted by Crippen LogP contribution is 2.43. The maximum Gasteiger partial charge on any atom is 0.472 e. The highest BCUT2D eigenvalue weighted by molar-refractivity contribution is 7.47. The van der Waals surface area contributed by atoms with E-state index >= 15 is 0 Å². The van der Waals surface area contributed by atoms with Crippen LogP contribution in [0.5, 0.6) is 0 Å². The zero-order valence-corrected chi connectivity index (χ0v) is 42.0. The number of rotatable bonds is 50. The number of phosphoric acid groups is 1. The Morgan fingerprint density at radius 1 is 0.476 bits per heavy atom. The molecular weight excluding hydrogens is 810 g/mol.